The van der Waals surface area contributed by atoms with Crippen molar-refractivity contribution in [2.75, 3.05) is 30.8 Å². The second kappa shape index (κ2) is 6.97. The number of ether oxygens (including phenoxy) is 1. The summed E-state index contributed by atoms with van der Waals surface area (Å²) < 4.78 is 7.35. The molecule has 3 aromatic rings. The number of nitrogens with one attached hydrogen (secondary N) is 1. The van der Waals surface area contributed by atoms with E-state index in [2.05, 4.69) is 20.3 Å². The molecular formula is C22H26ClN7O. The summed E-state index contributed by atoms with van der Waals surface area (Å²) >= 11 is 6.86. The number of anilines is 2. The summed E-state index contributed by atoms with van der Waals surface area (Å²) in [6, 6.07) is 5.36. The van der Waals surface area contributed by atoms with Crippen LogP contribution in [-0.2, 0) is 7.05 Å². The Kier molecular flexibility index (Phi) is 4.30. The lowest BCUT2D eigenvalue weighted by atomic mass is 10.0. The summed E-state index contributed by atoms with van der Waals surface area (Å²) in [4.78, 5) is 11.7. The van der Waals surface area contributed by atoms with Gasteiger partial charge >= 0.3 is 6.01 Å². The van der Waals surface area contributed by atoms with E-state index in [0.29, 0.717) is 34.9 Å². The summed E-state index contributed by atoms with van der Waals surface area (Å²) in [6.45, 7) is 1.85. The highest BCUT2D eigenvalue weighted by molar-refractivity contribution is 6.34. The highest BCUT2D eigenvalue weighted by atomic mass is 35.5. The van der Waals surface area contributed by atoms with Crippen molar-refractivity contribution in [3.8, 4) is 17.1 Å². The van der Waals surface area contributed by atoms with Crippen molar-refractivity contribution in [1.29, 1.82) is 0 Å². The number of methoxy groups -OCH3 is 1. The van der Waals surface area contributed by atoms with Crippen molar-refractivity contribution in [1.82, 2.24) is 25.1 Å². The average Bonchev–Trinajstić information content (AvgIpc) is 3.47. The van der Waals surface area contributed by atoms with Gasteiger partial charge in [-0.15, -0.1) is 0 Å². The van der Waals surface area contributed by atoms with Crippen LogP contribution in [0, 0.1) is 0 Å². The zero-order chi connectivity index (χ0) is 21.3. The maximum atomic E-state index is 6.86. The lowest BCUT2D eigenvalue weighted by molar-refractivity contribution is 0.380. The van der Waals surface area contributed by atoms with Gasteiger partial charge in [0.15, 0.2) is 5.82 Å². The minimum absolute atomic E-state index is 0.364. The lowest BCUT2D eigenvalue weighted by Gasteiger charge is -2.34. The minimum Gasteiger partial charge on any atom is -0.467 e. The van der Waals surface area contributed by atoms with Gasteiger partial charge in [0.25, 0.3) is 0 Å². The zero-order valence-corrected chi connectivity index (χ0v) is 18.5. The molecule has 2 aliphatic heterocycles. The van der Waals surface area contributed by atoms with Crippen molar-refractivity contribution >= 4 is 34.1 Å². The average molecular weight is 440 g/mol. The van der Waals surface area contributed by atoms with Crippen molar-refractivity contribution in [2.45, 2.75) is 43.7 Å². The van der Waals surface area contributed by atoms with Gasteiger partial charge in [-0.2, -0.15) is 15.1 Å². The molecule has 0 radical (unpaired) electrons. The molecule has 2 bridgehead atoms. The van der Waals surface area contributed by atoms with Crippen LogP contribution < -0.4 is 20.7 Å². The number of hydrogen-bond donors (Lipinski definition) is 2. The third kappa shape index (κ3) is 3.11. The SMILES string of the molecule is COc1nc(N2CC3CCC(C2)N3)c2cc(Cl)c(-c3c(N)nn(C)c3C3CC3)cc2n1. The van der Waals surface area contributed by atoms with E-state index in [1.807, 2.05) is 23.9 Å². The fraction of sp³-hybridized carbons (Fsp3) is 0.500. The first kappa shape index (κ1) is 19.1. The number of rotatable bonds is 4. The number of nitrogen functional groups attached to an aromatic ring is 1. The van der Waals surface area contributed by atoms with Crippen molar-refractivity contribution in [2.24, 2.45) is 7.05 Å². The van der Waals surface area contributed by atoms with Gasteiger partial charge in [0.1, 0.15) is 5.82 Å². The van der Waals surface area contributed by atoms with Gasteiger partial charge in [0.05, 0.1) is 18.3 Å². The summed E-state index contributed by atoms with van der Waals surface area (Å²) in [7, 11) is 3.55. The third-order valence-electron chi connectivity index (χ3n) is 6.79. The number of aromatic nitrogens is 4. The van der Waals surface area contributed by atoms with E-state index in [0.717, 1.165) is 59.5 Å². The van der Waals surface area contributed by atoms with E-state index in [1.54, 1.807) is 7.11 Å². The molecule has 162 valence electrons. The van der Waals surface area contributed by atoms with E-state index >= 15 is 0 Å². The summed E-state index contributed by atoms with van der Waals surface area (Å²) in [5.41, 5.74) is 10.1. The van der Waals surface area contributed by atoms with Crippen LogP contribution in [0.1, 0.15) is 37.3 Å². The molecule has 2 saturated heterocycles. The van der Waals surface area contributed by atoms with Crippen LogP contribution in [0.3, 0.4) is 0 Å². The molecule has 8 nitrogen and oxygen atoms in total. The molecule has 3 fully saturated rings. The maximum absolute atomic E-state index is 6.86. The molecule has 2 atom stereocenters. The molecule has 1 saturated carbocycles. The van der Waals surface area contributed by atoms with Crippen LogP contribution >= 0.6 is 11.6 Å². The molecular weight excluding hydrogens is 414 g/mol. The van der Waals surface area contributed by atoms with E-state index in [4.69, 9.17) is 27.1 Å². The van der Waals surface area contributed by atoms with E-state index in [9.17, 15) is 0 Å². The number of nitrogens with zero attached hydrogens (tertiary/aromatic N) is 5. The standard InChI is InChI=1S/C22H26ClN7O/c1-29-19(11-3-4-11)18(20(24)28-29)14-8-17-15(7-16(14)23)21(27-22(26-17)31-2)30-9-12-5-6-13(10-30)25-12/h7-8,11-13,25H,3-6,9-10H2,1-2H3,(H2,24,28). The van der Waals surface area contributed by atoms with Gasteiger partial charge in [-0.05, 0) is 37.8 Å². The Bertz CT molecular complexity index is 1180. The maximum Gasteiger partial charge on any atom is 0.318 e. The third-order valence-corrected chi connectivity index (χ3v) is 7.11. The fourth-order valence-electron chi connectivity index (χ4n) is 5.27. The summed E-state index contributed by atoms with van der Waals surface area (Å²) in [5, 5.41) is 9.73. The lowest BCUT2D eigenvalue weighted by Crippen LogP contribution is -2.51. The van der Waals surface area contributed by atoms with Crippen molar-refractivity contribution < 1.29 is 4.74 Å². The quantitative estimate of drug-likeness (QED) is 0.645. The molecule has 0 spiro atoms. The topological polar surface area (TPSA) is 94.1 Å². The Morgan fingerprint density at radius 1 is 1.13 bits per heavy atom. The van der Waals surface area contributed by atoms with Gasteiger partial charge in [-0.3, -0.25) is 4.68 Å². The van der Waals surface area contributed by atoms with Crippen molar-refractivity contribution in [3.63, 3.8) is 0 Å². The predicted octanol–water partition coefficient (Wildman–Crippen LogP) is 3.09. The molecule has 31 heavy (non-hydrogen) atoms. The Balaban J connectivity index is 1.52. The minimum atomic E-state index is 0.364. The summed E-state index contributed by atoms with van der Waals surface area (Å²) in [5.74, 6) is 1.88. The first-order valence-corrected chi connectivity index (χ1v) is 11.3. The first-order chi connectivity index (χ1) is 15.0. The van der Waals surface area contributed by atoms with E-state index in [-0.39, 0.29) is 0 Å². The Morgan fingerprint density at radius 3 is 2.55 bits per heavy atom. The van der Waals surface area contributed by atoms with Crippen LogP contribution in [0.5, 0.6) is 6.01 Å². The first-order valence-electron chi connectivity index (χ1n) is 10.9. The zero-order valence-electron chi connectivity index (χ0n) is 17.7. The smallest absolute Gasteiger partial charge is 0.318 e. The van der Waals surface area contributed by atoms with Crippen LogP contribution in [-0.4, -0.2) is 52.0 Å². The number of halogens is 1. The van der Waals surface area contributed by atoms with E-state index < -0.39 is 0 Å². The molecule has 2 aromatic heterocycles. The Morgan fingerprint density at radius 2 is 1.87 bits per heavy atom. The monoisotopic (exact) mass is 439 g/mol. The van der Waals surface area contributed by atoms with Gasteiger partial charge in [-0.25, -0.2) is 0 Å². The van der Waals surface area contributed by atoms with Gasteiger partial charge in [0, 0.05) is 59.7 Å². The molecule has 9 heteroatoms. The Hall–Kier alpha value is -2.58. The highest BCUT2D eigenvalue weighted by Crippen LogP contribution is 2.48. The molecule has 3 aliphatic rings. The number of fused-ring (bicyclic) bond motifs is 3. The van der Waals surface area contributed by atoms with Gasteiger partial charge in [0.2, 0.25) is 0 Å². The van der Waals surface area contributed by atoms with Crippen molar-refractivity contribution in [3.05, 3.63) is 22.8 Å². The number of piperazine rings is 1. The van der Waals surface area contributed by atoms with Crippen LogP contribution in [0.2, 0.25) is 5.02 Å². The number of aryl methyl sites for hydroxylation is 1. The predicted molar refractivity (Wildman–Crippen MR) is 122 cm³/mol. The number of nitrogens with two attached hydrogens (primary N) is 1. The molecule has 1 aliphatic carbocycles. The second-order valence-corrected chi connectivity index (χ2v) is 9.38. The molecule has 0 amide bonds. The molecule has 1 aromatic carbocycles. The molecule has 2 unspecified atom stereocenters. The number of benzene rings is 1. The Labute approximate surface area is 185 Å². The van der Waals surface area contributed by atoms with Crippen LogP contribution in [0.25, 0.3) is 22.0 Å². The molecule has 6 rings (SSSR count). The fourth-order valence-corrected chi connectivity index (χ4v) is 5.52. The normalized spacial score (nSPS) is 23.0. The summed E-state index contributed by atoms with van der Waals surface area (Å²) in [6.07, 6.45) is 4.72. The molecule has 3 N–H and O–H groups in total. The highest BCUT2D eigenvalue weighted by Gasteiger charge is 2.35. The molecule has 4 heterocycles. The van der Waals surface area contributed by atoms with Crippen LogP contribution in [0.15, 0.2) is 12.1 Å². The second-order valence-electron chi connectivity index (χ2n) is 8.97. The number of hydrogen-bond acceptors (Lipinski definition) is 7. The largest absolute Gasteiger partial charge is 0.467 e. The van der Waals surface area contributed by atoms with Gasteiger partial charge in [-0.1, -0.05) is 11.6 Å². The van der Waals surface area contributed by atoms with Gasteiger partial charge < -0.3 is 20.7 Å². The van der Waals surface area contributed by atoms with E-state index in [1.165, 1.54) is 12.8 Å². The van der Waals surface area contributed by atoms with Crippen LogP contribution in [0.4, 0.5) is 11.6 Å².